The first-order valence-electron chi connectivity index (χ1n) is 9.02. The van der Waals surface area contributed by atoms with Gasteiger partial charge in [0.1, 0.15) is 21.7 Å². The number of anilines is 1. The lowest BCUT2D eigenvalue weighted by atomic mass is 10.2. The molecule has 1 aliphatic heterocycles. The van der Waals surface area contributed by atoms with Crippen LogP contribution in [0.4, 0.5) is 5.13 Å². The lowest BCUT2D eigenvalue weighted by Gasteiger charge is -2.34. The predicted octanol–water partition coefficient (Wildman–Crippen LogP) is 4.58. The number of halogens is 2. The zero-order valence-corrected chi connectivity index (χ0v) is 18.3. The molecule has 0 bridgehead atoms. The van der Waals surface area contributed by atoms with E-state index in [4.69, 9.17) is 37.7 Å². The molecule has 1 aliphatic rings. The Morgan fingerprint density at radius 1 is 1.03 bits per heavy atom. The highest BCUT2D eigenvalue weighted by molar-refractivity contribution is 7.22. The summed E-state index contributed by atoms with van der Waals surface area (Å²) in [5.74, 6) is 1.41. The lowest BCUT2D eigenvalue weighted by Crippen LogP contribution is -2.48. The lowest BCUT2D eigenvalue weighted by molar-refractivity contribution is 0.0747. The van der Waals surface area contributed by atoms with Crippen molar-refractivity contribution in [3.8, 4) is 11.5 Å². The van der Waals surface area contributed by atoms with Crippen molar-refractivity contribution in [1.82, 2.24) is 9.88 Å². The van der Waals surface area contributed by atoms with Crippen LogP contribution in [0.5, 0.6) is 11.5 Å². The number of thiazole rings is 1. The number of ether oxygens (including phenoxy) is 2. The monoisotopic (exact) mass is 451 g/mol. The molecule has 6 nitrogen and oxygen atoms in total. The van der Waals surface area contributed by atoms with Crippen molar-refractivity contribution in [2.24, 2.45) is 0 Å². The molecule has 152 valence electrons. The number of hydrogen-bond acceptors (Lipinski definition) is 6. The Morgan fingerprint density at radius 2 is 1.72 bits per heavy atom. The number of aromatic nitrogens is 1. The molecule has 1 fully saturated rings. The summed E-state index contributed by atoms with van der Waals surface area (Å²) in [6.07, 6.45) is 0. The van der Waals surface area contributed by atoms with Crippen molar-refractivity contribution in [1.29, 1.82) is 0 Å². The third-order valence-electron chi connectivity index (χ3n) is 4.90. The van der Waals surface area contributed by atoms with Crippen LogP contribution in [0.15, 0.2) is 30.3 Å². The first kappa shape index (κ1) is 20.1. The maximum Gasteiger partial charge on any atom is 0.255 e. The summed E-state index contributed by atoms with van der Waals surface area (Å²) in [4.78, 5) is 21.6. The van der Waals surface area contributed by atoms with Crippen molar-refractivity contribution in [3.63, 3.8) is 0 Å². The molecule has 0 unspecified atom stereocenters. The molecule has 2 aromatic carbocycles. The van der Waals surface area contributed by atoms with Crippen LogP contribution in [0.3, 0.4) is 0 Å². The summed E-state index contributed by atoms with van der Waals surface area (Å²) in [7, 11) is 3.28. The number of amides is 1. The van der Waals surface area contributed by atoms with Crippen LogP contribution in [-0.4, -0.2) is 56.2 Å². The van der Waals surface area contributed by atoms with Crippen LogP contribution in [0.1, 0.15) is 10.4 Å². The Kier molecular flexibility index (Phi) is 5.72. The highest BCUT2D eigenvalue weighted by Gasteiger charge is 2.26. The van der Waals surface area contributed by atoms with Gasteiger partial charge in [-0.3, -0.25) is 4.79 Å². The fourth-order valence-electron chi connectivity index (χ4n) is 3.34. The summed E-state index contributed by atoms with van der Waals surface area (Å²) >= 11 is 13.7. The number of carbonyl (C=O) groups is 1. The Bertz CT molecular complexity index is 1020. The minimum atomic E-state index is -0.0843. The molecular weight excluding hydrogens is 433 g/mol. The fourth-order valence-corrected chi connectivity index (χ4v) is 4.96. The van der Waals surface area contributed by atoms with Gasteiger partial charge in [-0.1, -0.05) is 34.5 Å². The van der Waals surface area contributed by atoms with Crippen LogP contribution in [0, 0.1) is 0 Å². The van der Waals surface area contributed by atoms with E-state index in [9.17, 15) is 4.79 Å². The van der Waals surface area contributed by atoms with Gasteiger partial charge in [0, 0.05) is 31.2 Å². The quantitative estimate of drug-likeness (QED) is 0.580. The average Bonchev–Trinajstić information content (AvgIpc) is 3.18. The largest absolute Gasteiger partial charge is 0.495 e. The third kappa shape index (κ3) is 3.82. The second-order valence-corrected chi connectivity index (χ2v) is 8.37. The maximum atomic E-state index is 12.8. The van der Waals surface area contributed by atoms with Gasteiger partial charge in [-0.25, -0.2) is 4.98 Å². The van der Waals surface area contributed by atoms with E-state index in [1.54, 1.807) is 48.7 Å². The van der Waals surface area contributed by atoms with E-state index in [2.05, 4.69) is 4.90 Å². The molecular formula is C20H19Cl2N3O3S. The molecule has 1 saturated heterocycles. The van der Waals surface area contributed by atoms with Gasteiger partial charge in [-0.05, 0) is 30.3 Å². The van der Waals surface area contributed by atoms with E-state index in [1.165, 1.54) is 0 Å². The molecule has 0 saturated carbocycles. The number of fused-ring (bicyclic) bond motifs is 1. The highest BCUT2D eigenvalue weighted by Crippen LogP contribution is 2.40. The zero-order chi connectivity index (χ0) is 20.5. The molecule has 2 heterocycles. The van der Waals surface area contributed by atoms with Gasteiger partial charge in [0.05, 0.1) is 24.8 Å². The SMILES string of the molecule is COc1ccc(OC)c2sc(N3CCN(C(=O)c4ccc(Cl)cc4Cl)CC3)nc12. The van der Waals surface area contributed by atoms with Gasteiger partial charge >= 0.3 is 0 Å². The molecule has 9 heteroatoms. The van der Waals surface area contributed by atoms with Crippen molar-refractivity contribution in [3.05, 3.63) is 45.9 Å². The van der Waals surface area contributed by atoms with Crippen LogP contribution in [-0.2, 0) is 0 Å². The fraction of sp³-hybridized carbons (Fsp3) is 0.300. The Balaban J connectivity index is 1.52. The molecule has 29 heavy (non-hydrogen) atoms. The highest BCUT2D eigenvalue weighted by atomic mass is 35.5. The van der Waals surface area contributed by atoms with Crippen molar-refractivity contribution >= 4 is 55.8 Å². The van der Waals surface area contributed by atoms with Crippen LogP contribution >= 0.6 is 34.5 Å². The van der Waals surface area contributed by atoms with Gasteiger partial charge in [-0.2, -0.15) is 0 Å². The molecule has 1 aromatic heterocycles. The van der Waals surface area contributed by atoms with Crippen LogP contribution < -0.4 is 14.4 Å². The van der Waals surface area contributed by atoms with Crippen LogP contribution in [0.25, 0.3) is 10.2 Å². The molecule has 0 aliphatic carbocycles. The molecule has 4 rings (SSSR count). The second kappa shape index (κ2) is 8.26. The van der Waals surface area contributed by atoms with Crippen molar-refractivity contribution in [2.75, 3.05) is 45.3 Å². The summed E-state index contributed by atoms with van der Waals surface area (Å²) in [5.41, 5.74) is 1.26. The Hall–Kier alpha value is -2.22. The predicted molar refractivity (Wildman–Crippen MR) is 117 cm³/mol. The van der Waals surface area contributed by atoms with Gasteiger partial charge in [-0.15, -0.1) is 0 Å². The first-order valence-corrected chi connectivity index (χ1v) is 10.6. The molecule has 1 amide bonds. The van der Waals surface area contributed by atoms with E-state index >= 15 is 0 Å². The molecule has 0 N–H and O–H groups in total. The number of rotatable bonds is 4. The van der Waals surface area contributed by atoms with Gasteiger partial charge in [0.25, 0.3) is 5.91 Å². The molecule has 0 spiro atoms. The number of benzene rings is 2. The van der Waals surface area contributed by atoms with Crippen molar-refractivity contribution in [2.45, 2.75) is 0 Å². The summed E-state index contributed by atoms with van der Waals surface area (Å²) in [5, 5.41) is 1.77. The van der Waals surface area contributed by atoms with E-state index in [1.807, 2.05) is 12.1 Å². The standard InChI is InChI=1S/C20H19Cl2N3O3S/c1-27-15-5-6-16(28-2)18-17(15)23-20(29-18)25-9-7-24(8-10-25)19(26)13-4-3-12(21)11-14(13)22/h3-6,11H,7-10H2,1-2H3. The number of nitrogens with zero attached hydrogens (tertiary/aromatic N) is 3. The molecule has 0 radical (unpaired) electrons. The normalized spacial score (nSPS) is 14.3. The summed E-state index contributed by atoms with van der Waals surface area (Å²) in [6.45, 7) is 2.53. The van der Waals surface area contributed by atoms with Crippen LogP contribution in [0.2, 0.25) is 10.0 Å². The topological polar surface area (TPSA) is 54.9 Å². The number of carbonyl (C=O) groups excluding carboxylic acids is 1. The minimum absolute atomic E-state index is 0.0843. The summed E-state index contributed by atoms with van der Waals surface area (Å²) in [6, 6.07) is 8.69. The minimum Gasteiger partial charge on any atom is -0.495 e. The van der Waals surface area contributed by atoms with E-state index < -0.39 is 0 Å². The summed E-state index contributed by atoms with van der Waals surface area (Å²) < 4.78 is 11.9. The Morgan fingerprint density at radius 3 is 2.38 bits per heavy atom. The number of methoxy groups -OCH3 is 2. The average molecular weight is 452 g/mol. The Labute approximate surface area is 182 Å². The first-order chi connectivity index (χ1) is 14.0. The van der Waals surface area contributed by atoms with Gasteiger partial charge in [0.2, 0.25) is 0 Å². The van der Waals surface area contributed by atoms with Gasteiger partial charge in [0.15, 0.2) is 5.13 Å². The smallest absolute Gasteiger partial charge is 0.255 e. The van der Waals surface area contributed by atoms with E-state index in [0.717, 1.165) is 26.8 Å². The number of piperazine rings is 1. The van der Waals surface area contributed by atoms with Crippen molar-refractivity contribution < 1.29 is 14.3 Å². The molecule has 3 aromatic rings. The second-order valence-electron chi connectivity index (χ2n) is 6.55. The van der Waals surface area contributed by atoms with Gasteiger partial charge < -0.3 is 19.3 Å². The maximum absolute atomic E-state index is 12.8. The number of hydrogen-bond donors (Lipinski definition) is 0. The van der Waals surface area contributed by atoms with E-state index in [-0.39, 0.29) is 5.91 Å². The zero-order valence-electron chi connectivity index (χ0n) is 15.9. The third-order valence-corrected chi connectivity index (χ3v) is 6.58. The van der Waals surface area contributed by atoms with E-state index in [0.29, 0.717) is 41.8 Å². The molecule has 0 atom stereocenters.